The van der Waals surface area contributed by atoms with Gasteiger partial charge in [0, 0.05) is 6.07 Å². The van der Waals surface area contributed by atoms with Crippen LogP contribution in [0.4, 0.5) is 5.69 Å². The monoisotopic (exact) mass is 259 g/mol. The summed E-state index contributed by atoms with van der Waals surface area (Å²) in [6.07, 6.45) is 0. The molecular weight excluding hydrogens is 246 g/mol. The molecule has 0 saturated carbocycles. The molecule has 1 aromatic rings. The molecule has 0 aromatic heterocycles. The second-order valence-corrected chi connectivity index (χ2v) is 6.05. The first kappa shape index (κ1) is 13.6. The van der Waals surface area contributed by atoms with Crippen LogP contribution in [0.1, 0.15) is 26.3 Å². The van der Waals surface area contributed by atoms with Crippen LogP contribution in [0.2, 0.25) is 0 Å². The molecule has 6 nitrogen and oxygen atoms in total. The van der Waals surface area contributed by atoms with Gasteiger partial charge in [-0.2, -0.15) is 8.42 Å². The Kier molecular flexibility index (Phi) is 3.26. The van der Waals surface area contributed by atoms with Gasteiger partial charge in [-0.3, -0.25) is 14.7 Å². The van der Waals surface area contributed by atoms with Crippen LogP contribution in [0, 0.1) is 10.1 Å². The maximum Gasteiger partial charge on any atom is 0.301 e. The van der Waals surface area contributed by atoms with E-state index in [1.54, 1.807) is 0 Å². The molecule has 0 unspecified atom stereocenters. The molecule has 0 aliphatic rings. The highest BCUT2D eigenvalue weighted by atomic mass is 32.2. The Morgan fingerprint density at radius 2 is 1.82 bits per heavy atom. The van der Waals surface area contributed by atoms with Crippen LogP contribution in [-0.2, 0) is 15.5 Å². The lowest BCUT2D eigenvalue weighted by molar-refractivity contribution is -0.388. The predicted molar refractivity (Wildman–Crippen MR) is 61.6 cm³/mol. The minimum Gasteiger partial charge on any atom is -0.282 e. The van der Waals surface area contributed by atoms with Crippen molar-refractivity contribution < 1.29 is 17.9 Å². The second kappa shape index (κ2) is 4.08. The molecule has 0 saturated heterocycles. The molecule has 0 atom stereocenters. The summed E-state index contributed by atoms with van der Waals surface area (Å²) in [6.45, 7) is 5.54. The van der Waals surface area contributed by atoms with Gasteiger partial charge in [-0.25, -0.2) is 0 Å². The van der Waals surface area contributed by atoms with Crippen LogP contribution in [0.25, 0.3) is 0 Å². The average Bonchev–Trinajstić information content (AvgIpc) is 2.14. The zero-order valence-electron chi connectivity index (χ0n) is 9.67. The summed E-state index contributed by atoms with van der Waals surface area (Å²) >= 11 is 0. The summed E-state index contributed by atoms with van der Waals surface area (Å²) in [5.74, 6) is 0. The molecule has 0 fully saturated rings. The Morgan fingerprint density at radius 1 is 1.29 bits per heavy atom. The Balaban J connectivity index is 3.55. The third kappa shape index (κ3) is 3.01. The van der Waals surface area contributed by atoms with E-state index in [0.29, 0.717) is 5.56 Å². The summed E-state index contributed by atoms with van der Waals surface area (Å²) in [5, 5.41) is 10.8. The molecule has 0 spiro atoms. The number of hydrogen-bond donors (Lipinski definition) is 1. The molecule has 0 aliphatic carbocycles. The molecule has 0 aliphatic heterocycles. The molecule has 94 valence electrons. The Morgan fingerprint density at radius 3 is 2.18 bits per heavy atom. The fourth-order valence-electron chi connectivity index (χ4n) is 1.34. The Bertz CT molecular complexity index is 557. The van der Waals surface area contributed by atoms with Crippen molar-refractivity contribution in [2.24, 2.45) is 0 Å². The van der Waals surface area contributed by atoms with E-state index < -0.39 is 25.6 Å². The summed E-state index contributed by atoms with van der Waals surface area (Å²) in [5.41, 5.74) is -0.334. The molecular formula is C10H13NO5S. The average molecular weight is 259 g/mol. The predicted octanol–water partition coefficient (Wildman–Crippen LogP) is 2.14. The van der Waals surface area contributed by atoms with Gasteiger partial charge in [-0.15, -0.1) is 0 Å². The van der Waals surface area contributed by atoms with Gasteiger partial charge in [0.1, 0.15) is 0 Å². The van der Waals surface area contributed by atoms with E-state index in [2.05, 4.69) is 0 Å². The Hall–Kier alpha value is -1.47. The number of nitro groups is 1. The lowest BCUT2D eigenvalue weighted by Crippen LogP contribution is -2.13. The SMILES string of the molecule is CC(C)(C)c1ccc(S(=O)(=O)O)c([N+](=O)[O-])c1. The van der Waals surface area contributed by atoms with Gasteiger partial charge in [0.2, 0.25) is 0 Å². The first-order valence-corrected chi connectivity index (χ1v) is 6.24. The number of hydrogen-bond acceptors (Lipinski definition) is 4. The van der Waals surface area contributed by atoms with Gasteiger partial charge >= 0.3 is 10.1 Å². The van der Waals surface area contributed by atoms with Crippen molar-refractivity contribution in [3.8, 4) is 0 Å². The van der Waals surface area contributed by atoms with Crippen molar-refractivity contribution in [1.29, 1.82) is 0 Å². The minimum absolute atomic E-state index is 0.345. The number of nitro benzene ring substituents is 1. The van der Waals surface area contributed by atoms with E-state index in [4.69, 9.17) is 4.55 Å². The summed E-state index contributed by atoms with van der Waals surface area (Å²) < 4.78 is 30.8. The smallest absolute Gasteiger partial charge is 0.282 e. The van der Waals surface area contributed by atoms with Crippen LogP contribution in [-0.4, -0.2) is 17.9 Å². The lowest BCUT2D eigenvalue weighted by atomic mass is 9.87. The van der Waals surface area contributed by atoms with Gasteiger partial charge in [-0.1, -0.05) is 26.8 Å². The minimum atomic E-state index is -4.58. The molecule has 0 radical (unpaired) electrons. The largest absolute Gasteiger partial charge is 0.301 e. The van der Waals surface area contributed by atoms with Crippen LogP contribution in [0.15, 0.2) is 23.1 Å². The van der Waals surface area contributed by atoms with Crippen molar-refractivity contribution in [2.45, 2.75) is 31.1 Å². The molecule has 0 heterocycles. The van der Waals surface area contributed by atoms with Gasteiger partial charge in [0.05, 0.1) is 4.92 Å². The topological polar surface area (TPSA) is 97.5 Å². The molecule has 7 heteroatoms. The summed E-state index contributed by atoms with van der Waals surface area (Å²) in [6, 6.07) is 3.67. The zero-order valence-corrected chi connectivity index (χ0v) is 10.5. The molecule has 1 rings (SSSR count). The normalized spacial score (nSPS) is 12.5. The van der Waals surface area contributed by atoms with E-state index in [9.17, 15) is 18.5 Å². The highest BCUT2D eigenvalue weighted by molar-refractivity contribution is 7.86. The summed E-state index contributed by atoms with van der Waals surface area (Å²) in [7, 11) is -4.58. The summed E-state index contributed by atoms with van der Waals surface area (Å²) in [4.78, 5) is 9.27. The van der Waals surface area contributed by atoms with Crippen molar-refractivity contribution in [3.63, 3.8) is 0 Å². The molecule has 1 aromatic carbocycles. The van der Waals surface area contributed by atoms with Crippen molar-refractivity contribution in [3.05, 3.63) is 33.9 Å². The van der Waals surface area contributed by atoms with Crippen LogP contribution in [0.5, 0.6) is 0 Å². The van der Waals surface area contributed by atoms with Crippen molar-refractivity contribution in [2.75, 3.05) is 0 Å². The third-order valence-corrected chi connectivity index (χ3v) is 3.20. The number of benzene rings is 1. The Labute approximate surface area is 99.2 Å². The zero-order chi connectivity index (χ0) is 13.4. The van der Waals surface area contributed by atoms with Crippen molar-refractivity contribution in [1.82, 2.24) is 0 Å². The quantitative estimate of drug-likeness (QED) is 0.498. The van der Waals surface area contributed by atoms with E-state index in [0.717, 1.165) is 6.07 Å². The fraction of sp³-hybridized carbons (Fsp3) is 0.400. The van der Waals surface area contributed by atoms with Crippen LogP contribution >= 0.6 is 0 Å². The standard InChI is InChI=1S/C10H13NO5S/c1-10(2,3)7-4-5-9(17(14,15)16)8(6-7)11(12)13/h4-6H,1-3H3,(H,14,15,16). The van der Waals surface area contributed by atoms with Gasteiger partial charge in [-0.05, 0) is 17.0 Å². The van der Waals surface area contributed by atoms with Gasteiger partial charge in [0.25, 0.3) is 5.69 Å². The molecule has 0 bridgehead atoms. The van der Waals surface area contributed by atoms with Crippen molar-refractivity contribution >= 4 is 15.8 Å². The fourth-order valence-corrected chi connectivity index (χ4v) is 1.98. The first-order chi connectivity index (χ1) is 7.53. The highest BCUT2D eigenvalue weighted by Crippen LogP contribution is 2.30. The maximum absolute atomic E-state index is 11.0. The van der Waals surface area contributed by atoms with Crippen LogP contribution in [0.3, 0.4) is 0 Å². The first-order valence-electron chi connectivity index (χ1n) is 4.80. The third-order valence-electron chi connectivity index (χ3n) is 2.30. The molecule has 17 heavy (non-hydrogen) atoms. The number of nitrogens with zero attached hydrogens (tertiary/aromatic N) is 1. The van der Waals surface area contributed by atoms with E-state index in [-0.39, 0.29) is 5.41 Å². The van der Waals surface area contributed by atoms with E-state index in [1.807, 2.05) is 20.8 Å². The highest BCUT2D eigenvalue weighted by Gasteiger charge is 2.26. The van der Waals surface area contributed by atoms with Gasteiger partial charge in [0.15, 0.2) is 4.90 Å². The van der Waals surface area contributed by atoms with Crippen LogP contribution < -0.4 is 0 Å². The van der Waals surface area contributed by atoms with E-state index >= 15 is 0 Å². The molecule has 0 amide bonds. The second-order valence-electron chi connectivity index (χ2n) is 4.66. The lowest BCUT2D eigenvalue weighted by Gasteiger charge is -2.18. The molecule has 1 N–H and O–H groups in total. The van der Waals surface area contributed by atoms with Gasteiger partial charge < -0.3 is 0 Å². The maximum atomic E-state index is 11.0. The number of rotatable bonds is 2. The van der Waals surface area contributed by atoms with E-state index in [1.165, 1.54) is 12.1 Å².